The molecule has 100 valence electrons. The predicted octanol–water partition coefficient (Wildman–Crippen LogP) is 3.29. The molecule has 0 fully saturated rings. The Balaban J connectivity index is 2.15. The van der Waals surface area contributed by atoms with Gasteiger partial charge in [-0.2, -0.15) is 0 Å². The molecule has 4 heteroatoms. The molecule has 1 unspecified atom stereocenters. The second kappa shape index (κ2) is 6.70. The highest BCUT2D eigenvalue weighted by atomic mass is 32.2. The van der Waals surface area contributed by atoms with Crippen LogP contribution in [0.3, 0.4) is 0 Å². The van der Waals surface area contributed by atoms with Crippen molar-refractivity contribution in [2.24, 2.45) is 5.84 Å². The van der Waals surface area contributed by atoms with Crippen LogP contribution in [-0.2, 0) is 6.42 Å². The molecule has 0 bridgehead atoms. The van der Waals surface area contributed by atoms with Crippen LogP contribution in [0, 0.1) is 5.82 Å². The van der Waals surface area contributed by atoms with Crippen molar-refractivity contribution >= 4 is 11.8 Å². The summed E-state index contributed by atoms with van der Waals surface area (Å²) >= 11 is 1.70. The lowest BCUT2D eigenvalue weighted by molar-refractivity contribution is 0.548. The zero-order valence-electron chi connectivity index (χ0n) is 10.8. The summed E-state index contributed by atoms with van der Waals surface area (Å²) in [5, 5.41) is 0. The molecular weight excluding hydrogens is 259 g/mol. The van der Waals surface area contributed by atoms with Crippen molar-refractivity contribution in [1.82, 2.24) is 5.43 Å². The summed E-state index contributed by atoms with van der Waals surface area (Å²) in [6.45, 7) is 0. The van der Waals surface area contributed by atoms with E-state index in [-0.39, 0.29) is 11.9 Å². The molecule has 0 aliphatic rings. The van der Waals surface area contributed by atoms with E-state index in [9.17, 15) is 4.39 Å². The minimum absolute atomic E-state index is 0.0160. The van der Waals surface area contributed by atoms with Gasteiger partial charge in [0.1, 0.15) is 5.82 Å². The Morgan fingerprint density at radius 1 is 1.21 bits per heavy atom. The van der Waals surface area contributed by atoms with Crippen molar-refractivity contribution in [2.45, 2.75) is 17.4 Å². The molecule has 0 amide bonds. The van der Waals surface area contributed by atoms with Gasteiger partial charge in [0.2, 0.25) is 0 Å². The van der Waals surface area contributed by atoms with E-state index in [1.54, 1.807) is 23.9 Å². The van der Waals surface area contributed by atoms with Gasteiger partial charge in [-0.25, -0.2) is 4.39 Å². The quantitative estimate of drug-likeness (QED) is 0.500. The zero-order valence-corrected chi connectivity index (χ0v) is 11.6. The molecule has 2 aromatic rings. The number of hydrogen-bond acceptors (Lipinski definition) is 3. The van der Waals surface area contributed by atoms with E-state index < -0.39 is 0 Å². The number of nitrogens with one attached hydrogen (secondary N) is 1. The highest BCUT2D eigenvalue weighted by Crippen LogP contribution is 2.21. The summed E-state index contributed by atoms with van der Waals surface area (Å²) < 4.78 is 13.2. The third-order valence-electron chi connectivity index (χ3n) is 3.05. The van der Waals surface area contributed by atoms with Crippen molar-refractivity contribution in [2.75, 3.05) is 6.26 Å². The third kappa shape index (κ3) is 3.80. The molecule has 2 nitrogen and oxygen atoms in total. The lowest BCUT2D eigenvalue weighted by Gasteiger charge is -2.16. The van der Waals surface area contributed by atoms with Crippen LogP contribution >= 0.6 is 11.8 Å². The van der Waals surface area contributed by atoms with Gasteiger partial charge in [0.15, 0.2) is 0 Å². The molecule has 0 spiro atoms. The summed E-state index contributed by atoms with van der Waals surface area (Å²) in [6, 6.07) is 14.8. The number of halogens is 1. The highest BCUT2D eigenvalue weighted by Gasteiger charge is 2.10. The lowest BCUT2D eigenvalue weighted by atomic mass is 9.99. The topological polar surface area (TPSA) is 38.0 Å². The maximum Gasteiger partial charge on any atom is 0.123 e. The van der Waals surface area contributed by atoms with Crippen LogP contribution in [0.2, 0.25) is 0 Å². The molecule has 1 atom stereocenters. The second-order valence-electron chi connectivity index (χ2n) is 4.33. The SMILES string of the molecule is CSc1ccc(C(Cc2cccc(F)c2)NN)cc1. The molecule has 0 aromatic heterocycles. The van der Waals surface area contributed by atoms with E-state index in [1.165, 1.54) is 11.0 Å². The van der Waals surface area contributed by atoms with Crippen LogP contribution in [0.4, 0.5) is 4.39 Å². The van der Waals surface area contributed by atoms with Gasteiger partial charge < -0.3 is 0 Å². The number of nitrogens with two attached hydrogens (primary N) is 1. The number of hydrogen-bond donors (Lipinski definition) is 2. The highest BCUT2D eigenvalue weighted by molar-refractivity contribution is 7.98. The molecule has 3 N–H and O–H groups in total. The van der Waals surface area contributed by atoms with Gasteiger partial charge in [-0.15, -0.1) is 11.8 Å². The third-order valence-corrected chi connectivity index (χ3v) is 3.79. The average Bonchev–Trinajstić information content (AvgIpc) is 2.45. The van der Waals surface area contributed by atoms with Crippen molar-refractivity contribution < 1.29 is 4.39 Å². The van der Waals surface area contributed by atoms with Crippen molar-refractivity contribution in [3.05, 3.63) is 65.5 Å². The average molecular weight is 276 g/mol. The molecule has 19 heavy (non-hydrogen) atoms. The summed E-state index contributed by atoms with van der Waals surface area (Å²) in [5.41, 5.74) is 4.82. The molecule has 0 saturated heterocycles. The van der Waals surface area contributed by atoms with E-state index in [0.29, 0.717) is 6.42 Å². The van der Waals surface area contributed by atoms with Gasteiger partial charge >= 0.3 is 0 Å². The maximum absolute atomic E-state index is 13.2. The maximum atomic E-state index is 13.2. The standard InChI is InChI=1S/C15H17FN2S/c1-19-14-7-5-12(6-8-14)15(18-17)10-11-3-2-4-13(16)9-11/h2-9,15,18H,10,17H2,1H3. The van der Waals surface area contributed by atoms with Gasteiger partial charge in [-0.05, 0) is 48.1 Å². The minimum atomic E-state index is -0.217. The van der Waals surface area contributed by atoms with Gasteiger partial charge in [0, 0.05) is 10.9 Å². The van der Waals surface area contributed by atoms with Gasteiger partial charge in [-0.1, -0.05) is 24.3 Å². The molecule has 0 aliphatic carbocycles. The summed E-state index contributed by atoms with van der Waals surface area (Å²) in [6.07, 6.45) is 2.70. The molecule has 0 saturated carbocycles. The smallest absolute Gasteiger partial charge is 0.123 e. The fourth-order valence-electron chi connectivity index (χ4n) is 2.01. The molecule has 0 radical (unpaired) electrons. The minimum Gasteiger partial charge on any atom is -0.271 e. The van der Waals surface area contributed by atoms with Crippen LogP contribution in [-0.4, -0.2) is 6.26 Å². The van der Waals surface area contributed by atoms with Crippen LogP contribution in [0.15, 0.2) is 53.4 Å². The molecule has 0 aliphatic heterocycles. The van der Waals surface area contributed by atoms with E-state index in [4.69, 9.17) is 5.84 Å². The Morgan fingerprint density at radius 2 is 1.95 bits per heavy atom. The van der Waals surface area contributed by atoms with E-state index in [0.717, 1.165) is 11.1 Å². The van der Waals surface area contributed by atoms with Crippen LogP contribution < -0.4 is 11.3 Å². The number of thioether (sulfide) groups is 1. The van der Waals surface area contributed by atoms with Gasteiger partial charge in [0.25, 0.3) is 0 Å². The summed E-state index contributed by atoms with van der Waals surface area (Å²) in [5.74, 6) is 5.40. The summed E-state index contributed by atoms with van der Waals surface area (Å²) in [4.78, 5) is 1.21. The summed E-state index contributed by atoms with van der Waals surface area (Å²) in [7, 11) is 0. The largest absolute Gasteiger partial charge is 0.271 e. The Kier molecular flexibility index (Phi) is 4.96. The molecule has 2 aromatic carbocycles. The van der Waals surface area contributed by atoms with Crippen LogP contribution in [0.1, 0.15) is 17.2 Å². The first-order valence-corrected chi connectivity index (χ1v) is 7.30. The monoisotopic (exact) mass is 276 g/mol. The van der Waals surface area contributed by atoms with Crippen molar-refractivity contribution in [1.29, 1.82) is 0 Å². The predicted molar refractivity (Wildman–Crippen MR) is 78.4 cm³/mol. The molecule has 2 rings (SSSR count). The first kappa shape index (κ1) is 14.1. The van der Waals surface area contributed by atoms with Crippen LogP contribution in [0.5, 0.6) is 0 Å². The normalized spacial score (nSPS) is 12.4. The Morgan fingerprint density at radius 3 is 2.53 bits per heavy atom. The van der Waals surface area contributed by atoms with Gasteiger partial charge in [-0.3, -0.25) is 11.3 Å². The first-order valence-electron chi connectivity index (χ1n) is 6.07. The fourth-order valence-corrected chi connectivity index (χ4v) is 2.42. The van der Waals surface area contributed by atoms with Crippen molar-refractivity contribution in [3.63, 3.8) is 0 Å². The first-order chi connectivity index (χ1) is 9.22. The molecular formula is C15H17FN2S. The Labute approximate surface area is 117 Å². The van der Waals surface area contributed by atoms with Gasteiger partial charge in [0.05, 0.1) is 0 Å². The van der Waals surface area contributed by atoms with E-state index >= 15 is 0 Å². The zero-order chi connectivity index (χ0) is 13.7. The fraction of sp³-hybridized carbons (Fsp3) is 0.200. The van der Waals surface area contributed by atoms with E-state index in [2.05, 4.69) is 29.7 Å². The number of rotatable bonds is 5. The Bertz CT molecular complexity index is 528. The lowest BCUT2D eigenvalue weighted by Crippen LogP contribution is -2.29. The van der Waals surface area contributed by atoms with Crippen LogP contribution in [0.25, 0.3) is 0 Å². The molecule has 0 heterocycles. The number of benzene rings is 2. The number of hydrazine groups is 1. The Hall–Kier alpha value is -1.36. The van der Waals surface area contributed by atoms with Crippen molar-refractivity contribution in [3.8, 4) is 0 Å². The van der Waals surface area contributed by atoms with E-state index in [1.807, 2.05) is 12.3 Å². The second-order valence-corrected chi connectivity index (χ2v) is 5.21.